The van der Waals surface area contributed by atoms with Gasteiger partial charge in [0, 0.05) is 31.7 Å². The van der Waals surface area contributed by atoms with Gasteiger partial charge in [-0.05, 0) is 25.0 Å². The van der Waals surface area contributed by atoms with Gasteiger partial charge in [-0.1, -0.05) is 6.42 Å². The molecule has 2 aromatic rings. The molecule has 24 heavy (non-hydrogen) atoms. The van der Waals surface area contributed by atoms with E-state index in [0.717, 1.165) is 19.3 Å². The number of hydrogen-bond donors (Lipinski definition) is 1. The lowest BCUT2D eigenvalue weighted by Crippen LogP contribution is -2.35. The largest absolute Gasteiger partial charge is 0.305 e. The molecule has 0 radical (unpaired) electrons. The first-order chi connectivity index (χ1) is 11.6. The number of aromatic nitrogens is 3. The van der Waals surface area contributed by atoms with E-state index in [0.29, 0.717) is 13.1 Å². The molecule has 1 aliphatic heterocycles. The van der Waals surface area contributed by atoms with Crippen LogP contribution in [0, 0.1) is 0 Å². The molecule has 1 fully saturated rings. The van der Waals surface area contributed by atoms with Crippen LogP contribution >= 0.6 is 0 Å². The van der Waals surface area contributed by atoms with E-state index < -0.39 is 15.9 Å². The molecule has 126 valence electrons. The van der Waals surface area contributed by atoms with E-state index in [1.165, 1.54) is 41.2 Å². The van der Waals surface area contributed by atoms with Gasteiger partial charge >= 0.3 is 0 Å². The quantitative estimate of drug-likeness (QED) is 0.894. The standard InChI is InChI=1S/C15H17N5O3S/c21-15(13-11-16-6-7-17-13)19-14-5-4-12(10-18-14)24(22,23)20-8-2-1-3-9-20/h4-7,10-11H,1-3,8-9H2,(H,18,19,21). The number of pyridine rings is 1. The van der Waals surface area contributed by atoms with Crippen LogP contribution in [0.25, 0.3) is 0 Å². The highest BCUT2D eigenvalue weighted by Gasteiger charge is 2.26. The monoisotopic (exact) mass is 347 g/mol. The van der Waals surface area contributed by atoms with Crippen molar-refractivity contribution in [3.05, 3.63) is 42.6 Å². The van der Waals surface area contributed by atoms with E-state index in [9.17, 15) is 13.2 Å². The van der Waals surface area contributed by atoms with Crippen LogP contribution in [0.3, 0.4) is 0 Å². The fraction of sp³-hybridized carbons (Fsp3) is 0.333. The molecule has 0 bridgehead atoms. The van der Waals surface area contributed by atoms with Gasteiger partial charge in [0.05, 0.1) is 6.20 Å². The Morgan fingerprint density at radius 2 is 1.83 bits per heavy atom. The van der Waals surface area contributed by atoms with Gasteiger partial charge in [-0.15, -0.1) is 0 Å². The van der Waals surface area contributed by atoms with Crippen LogP contribution in [0.5, 0.6) is 0 Å². The minimum atomic E-state index is -3.52. The molecule has 3 rings (SSSR count). The Hall–Kier alpha value is -2.39. The summed E-state index contributed by atoms with van der Waals surface area (Å²) in [6, 6.07) is 2.91. The summed E-state index contributed by atoms with van der Waals surface area (Å²) in [6.07, 6.45) is 8.28. The van der Waals surface area contributed by atoms with E-state index in [1.807, 2.05) is 0 Å². The Labute approximate surface area is 140 Å². The van der Waals surface area contributed by atoms with Crippen LogP contribution in [0.2, 0.25) is 0 Å². The average Bonchev–Trinajstić information content (AvgIpc) is 2.63. The molecule has 1 saturated heterocycles. The third-order valence-corrected chi connectivity index (χ3v) is 5.61. The van der Waals surface area contributed by atoms with Crippen LogP contribution in [0.15, 0.2) is 41.8 Å². The number of nitrogens with one attached hydrogen (secondary N) is 1. The maximum atomic E-state index is 12.5. The lowest BCUT2D eigenvalue weighted by atomic mass is 10.2. The normalized spacial score (nSPS) is 15.8. The molecular weight excluding hydrogens is 330 g/mol. The van der Waals surface area contributed by atoms with Crippen molar-refractivity contribution in [3.8, 4) is 0 Å². The molecular formula is C15H17N5O3S. The zero-order chi connectivity index (χ0) is 17.0. The zero-order valence-electron chi connectivity index (χ0n) is 12.9. The van der Waals surface area contributed by atoms with Gasteiger partial charge in [-0.2, -0.15) is 4.31 Å². The fourth-order valence-corrected chi connectivity index (χ4v) is 3.92. The lowest BCUT2D eigenvalue weighted by molar-refractivity contribution is 0.102. The number of rotatable bonds is 4. The third-order valence-electron chi connectivity index (χ3n) is 3.73. The number of amides is 1. The van der Waals surface area contributed by atoms with E-state index in [2.05, 4.69) is 20.3 Å². The predicted molar refractivity (Wildman–Crippen MR) is 86.8 cm³/mol. The van der Waals surface area contributed by atoms with Crippen LogP contribution in [-0.4, -0.2) is 46.7 Å². The molecule has 3 heterocycles. The maximum absolute atomic E-state index is 12.5. The number of carbonyl (C=O) groups excluding carboxylic acids is 1. The summed E-state index contributed by atoms with van der Waals surface area (Å²) in [6.45, 7) is 1.07. The number of hydrogen-bond acceptors (Lipinski definition) is 6. The summed E-state index contributed by atoms with van der Waals surface area (Å²) < 4.78 is 26.5. The highest BCUT2D eigenvalue weighted by Crippen LogP contribution is 2.20. The molecule has 9 heteroatoms. The molecule has 0 atom stereocenters. The Morgan fingerprint density at radius 3 is 2.46 bits per heavy atom. The third kappa shape index (κ3) is 3.57. The van der Waals surface area contributed by atoms with E-state index >= 15 is 0 Å². The number of anilines is 1. The van der Waals surface area contributed by atoms with Crippen molar-refractivity contribution in [2.75, 3.05) is 18.4 Å². The first-order valence-electron chi connectivity index (χ1n) is 7.61. The first kappa shape index (κ1) is 16.5. The Balaban J connectivity index is 1.72. The molecule has 0 spiro atoms. The van der Waals surface area contributed by atoms with Gasteiger partial charge in [-0.25, -0.2) is 18.4 Å². The molecule has 0 unspecified atom stereocenters. The predicted octanol–water partition coefficient (Wildman–Crippen LogP) is 1.30. The minimum Gasteiger partial charge on any atom is -0.305 e. The molecule has 0 saturated carbocycles. The summed E-state index contributed by atoms with van der Waals surface area (Å²) in [5, 5.41) is 2.56. The summed E-state index contributed by atoms with van der Waals surface area (Å²) in [7, 11) is -3.52. The van der Waals surface area contributed by atoms with Crippen LogP contribution < -0.4 is 5.32 Å². The Kier molecular flexibility index (Phi) is 4.81. The highest BCUT2D eigenvalue weighted by molar-refractivity contribution is 7.89. The summed E-state index contributed by atoms with van der Waals surface area (Å²) in [4.78, 5) is 23.8. The van der Waals surface area contributed by atoms with Gasteiger partial charge in [0.25, 0.3) is 5.91 Å². The summed E-state index contributed by atoms with van der Waals surface area (Å²) in [5.41, 5.74) is 0.157. The molecule has 2 aromatic heterocycles. The maximum Gasteiger partial charge on any atom is 0.277 e. The van der Waals surface area contributed by atoms with Crippen LogP contribution in [0.4, 0.5) is 5.82 Å². The first-order valence-corrected chi connectivity index (χ1v) is 9.05. The van der Waals surface area contributed by atoms with E-state index in [1.54, 1.807) is 0 Å². The molecule has 1 N–H and O–H groups in total. The van der Waals surface area contributed by atoms with E-state index in [4.69, 9.17) is 0 Å². The van der Waals surface area contributed by atoms with Crippen molar-refractivity contribution < 1.29 is 13.2 Å². The van der Waals surface area contributed by atoms with Gasteiger partial charge < -0.3 is 5.32 Å². The minimum absolute atomic E-state index is 0.127. The second kappa shape index (κ2) is 7.02. The number of sulfonamides is 1. The van der Waals surface area contributed by atoms with E-state index in [-0.39, 0.29) is 16.4 Å². The number of piperidine rings is 1. The Bertz CT molecular complexity index is 803. The Morgan fingerprint density at radius 1 is 1.04 bits per heavy atom. The zero-order valence-corrected chi connectivity index (χ0v) is 13.7. The molecule has 8 nitrogen and oxygen atoms in total. The number of nitrogens with zero attached hydrogens (tertiary/aromatic N) is 4. The lowest BCUT2D eigenvalue weighted by Gasteiger charge is -2.25. The second-order valence-corrected chi connectivity index (χ2v) is 7.33. The number of carbonyl (C=O) groups is 1. The summed E-state index contributed by atoms with van der Waals surface area (Å²) >= 11 is 0. The van der Waals surface area contributed by atoms with Crippen molar-refractivity contribution in [3.63, 3.8) is 0 Å². The van der Waals surface area contributed by atoms with Crippen molar-refractivity contribution >= 4 is 21.7 Å². The molecule has 0 aromatic carbocycles. The van der Waals surface area contributed by atoms with Crippen molar-refractivity contribution in [1.82, 2.24) is 19.3 Å². The second-order valence-electron chi connectivity index (χ2n) is 5.39. The van der Waals surface area contributed by atoms with Crippen molar-refractivity contribution in [2.24, 2.45) is 0 Å². The van der Waals surface area contributed by atoms with Crippen LogP contribution in [-0.2, 0) is 10.0 Å². The van der Waals surface area contributed by atoms with Crippen LogP contribution in [0.1, 0.15) is 29.8 Å². The average molecular weight is 347 g/mol. The summed E-state index contributed by atoms with van der Waals surface area (Å²) in [5.74, 6) is -0.203. The molecule has 1 aliphatic rings. The SMILES string of the molecule is O=C(Nc1ccc(S(=O)(=O)N2CCCCC2)cn1)c1cnccn1. The van der Waals surface area contributed by atoms with Crippen molar-refractivity contribution in [2.45, 2.75) is 24.2 Å². The smallest absolute Gasteiger partial charge is 0.277 e. The fourth-order valence-electron chi connectivity index (χ4n) is 2.46. The highest BCUT2D eigenvalue weighted by atomic mass is 32.2. The van der Waals surface area contributed by atoms with Gasteiger partial charge in [0.1, 0.15) is 16.4 Å². The van der Waals surface area contributed by atoms with Gasteiger partial charge in [-0.3, -0.25) is 9.78 Å². The molecule has 0 aliphatic carbocycles. The van der Waals surface area contributed by atoms with Gasteiger partial charge in [0.15, 0.2) is 0 Å². The molecule has 1 amide bonds. The van der Waals surface area contributed by atoms with Gasteiger partial charge in [0.2, 0.25) is 10.0 Å². The van der Waals surface area contributed by atoms with Crippen molar-refractivity contribution in [1.29, 1.82) is 0 Å². The topological polar surface area (TPSA) is 105 Å².